The minimum atomic E-state index is -0.635. The molecule has 1 heterocycles. The number of benzene rings is 2. The Morgan fingerprint density at radius 3 is 2.43 bits per heavy atom. The Hall–Kier alpha value is -2.76. The molecule has 148 valence electrons. The number of ether oxygens (including phenoxy) is 2. The molecule has 0 fully saturated rings. The largest absolute Gasteiger partial charge is 0.496 e. The molecule has 3 rings (SSSR count). The lowest BCUT2D eigenvalue weighted by Gasteiger charge is -2.25. The Morgan fingerprint density at radius 1 is 0.964 bits per heavy atom. The average molecular weight is 381 g/mol. The molecule has 0 radical (unpaired) electrons. The first-order valence-corrected chi connectivity index (χ1v) is 9.39. The summed E-state index contributed by atoms with van der Waals surface area (Å²) in [4.78, 5) is 2.13. The van der Waals surface area contributed by atoms with E-state index in [1.807, 2.05) is 67.6 Å². The van der Waals surface area contributed by atoms with E-state index in [1.165, 1.54) is 0 Å². The van der Waals surface area contributed by atoms with Crippen molar-refractivity contribution < 1.29 is 19.0 Å². The minimum Gasteiger partial charge on any atom is -0.496 e. The fourth-order valence-electron chi connectivity index (χ4n) is 3.14. The predicted octanol–water partition coefficient (Wildman–Crippen LogP) is 4.04. The molecule has 1 atom stereocenters. The number of nitrogens with zero attached hydrogens (tertiary/aromatic N) is 1. The van der Waals surface area contributed by atoms with Crippen LogP contribution in [-0.4, -0.2) is 36.4 Å². The zero-order valence-corrected chi connectivity index (χ0v) is 16.4. The minimum absolute atomic E-state index is 0.228. The van der Waals surface area contributed by atoms with E-state index in [0.29, 0.717) is 19.6 Å². The predicted molar refractivity (Wildman–Crippen MR) is 108 cm³/mol. The van der Waals surface area contributed by atoms with Gasteiger partial charge in [0.25, 0.3) is 0 Å². The molecular formula is C23H27NO4. The fourth-order valence-corrected chi connectivity index (χ4v) is 3.14. The van der Waals surface area contributed by atoms with Crippen molar-refractivity contribution in [3.05, 3.63) is 83.8 Å². The van der Waals surface area contributed by atoms with Crippen molar-refractivity contribution in [3.8, 4) is 11.5 Å². The Kier molecular flexibility index (Phi) is 7.12. The highest BCUT2D eigenvalue weighted by Gasteiger charge is 2.17. The second-order valence-corrected chi connectivity index (χ2v) is 6.79. The maximum Gasteiger partial charge on any atom is 0.123 e. The quantitative estimate of drug-likeness (QED) is 0.574. The van der Waals surface area contributed by atoms with Gasteiger partial charge in [0.05, 0.1) is 19.9 Å². The highest BCUT2D eigenvalue weighted by Crippen LogP contribution is 2.21. The number of para-hydroxylation sites is 2. The van der Waals surface area contributed by atoms with E-state index in [1.54, 1.807) is 13.4 Å². The molecule has 0 spiro atoms. The SMILES string of the molecule is COc1ccccc1CN(Cc1ccco1)CC(O)COc1ccccc1C. The lowest BCUT2D eigenvalue weighted by Crippen LogP contribution is -2.35. The van der Waals surface area contributed by atoms with Gasteiger partial charge in [0.2, 0.25) is 0 Å². The maximum atomic E-state index is 10.6. The van der Waals surface area contributed by atoms with Crippen LogP contribution >= 0.6 is 0 Å². The summed E-state index contributed by atoms with van der Waals surface area (Å²) < 4.78 is 16.8. The molecule has 2 aromatic carbocycles. The summed E-state index contributed by atoms with van der Waals surface area (Å²) >= 11 is 0. The molecule has 0 amide bonds. The van der Waals surface area contributed by atoms with Crippen molar-refractivity contribution in [1.82, 2.24) is 4.90 Å². The van der Waals surface area contributed by atoms with Gasteiger partial charge in [-0.1, -0.05) is 36.4 Å². The van der Waals surface area contributed by atoms with Crippen LogP contribution in [0, 0.1) is 6.92 Å². The molecule has 1 aromatic heterocycles. The molecule has 0 aliphatic heterocycles. The molecule has 5 heteroatoms. The van der Waals surface area contributed by atoms with Gasteiger partial charge in [0.15, 0.2) is 0 Å². The van der Waals surface area contributed by atoms with Gasteiger partial charge in [-0.3, -0.25) is 4.90 Å². The topological polar surface area (TPSA) is 55.1 Å². The van der Waals surface area contributed by atoms with Gasteiger partial charge in [-0.25, -0.2) is 0 Å². The monoisotopic (exact) mass is 381 g/mol. The van der Waals surface area contributed by atoms with Crippen LogP contribution in [0.25, 0.3) is 0 Å². The molecular weight excluding hydrogens is 354 g/mol. The average Bonchev–Trinajstić information content (AvgIpc) is 3.21. The van der Waals surface area contributed by atoms with Gasteiger partial charge >= 0.3 is 0 Å². The van der Waals surface area contributed by atoms with Crippen LogP contribution in [0.3, 0.4) is 0 Å². The summed E-state index contributed by atoms with van der Waals surface area (Å²) in [6.07, 6.45) is 1.03. The number of aliphatic hydroxyl groups excluding tert-OH is 1. The summed E-state index contributed by atoms with van der Waals surface area (Å²) in [6, 6.07) is 19.5. The normalized spacial score (nSPS) is 12.1. The summed E-state index contributed by atoms with van der Waals surface area (Å²) in [5.74, 6) is 2.48. The Morgan fingerprint density at radius 2 is 1.71 bits per heavy atom. The zero-order valence-electron chi connectivity index (χ0n) is 16.4. The second kappa shape index (κ2) is 9.97. The van der Waals surface area contributed by atoms with Crippen molar-refractivity contribution in [3.63, 3.8) is 0 Å². The lowest BCUT2D eigenvalue weighted by molar-refractivity contribution is 0.0600. The van der Waals surface area contributed by atoms with E-state index >= 15 is 0 Å². The van der Waals surface area contributed by atoms with Crippen molar-refractivity contribution in [1.29, 1.82) is 0 Å². The third kappa shape index (κ3) is 5.62. The van der Waals surface area contributed by atoms with E-state index in [2.05, 4.69) is 4.90 Å². The summed E-state index contributed by atoms with van der Waals surface area (Å²) in [5, 5.41) is 10.6. The molecule has 0 aliphatic rings. The Labute approximate surface area is 166 Å². The van der Waals surface area contributed by atoms with Gasteiger partial charge in [0.1, 0.15) is 30.0 Å². The summed E-state index contributed by atoms with van der Waals surface area (Å²) in [7, 11) is 1.67. The van der Waals surface area contributed by atoms with Gasteiger partial charge in [-0.15, -0.1) is 0 Å². The number of aryl methyl sites for hydroxylation is 1. The van der Waals surface area contributed by atoms with Crippen LogP contribution in [0.1, 0.15) is 16.9 Å². The molecule has 1 N–H and O–H groups in total. The number of furan rings is 1. The molecule has 28 heavy (non-hydrogen) atoms. The smallest absolute Gasteiger partial charge is 0.123 e. The van der Waals surface area contributed by atoms with Crippen molar-refractivity contribution in [2.75, 3.05) is 20.3 Å². The maximum absolute atomic E-state index is 10.6. The van der Waals surface area contributed by atoms with Crippen molar-refractivity contribution in [2.45, 2.75) is 26.1 Å². The van der Waals surface area contributed by atoms with Crippen LogP contribution in [-0.2, 0) is 13.1 Å². The van der Waals surface area contributed by atoms with Crippen LogP contribution in [0.15, 0.2) is 71.3 Å². The first-order chi connectivity index (χ1) is 13.7. The zero-order chi connectivity index (χ0) is 19.8. The number of rotatable bonds is 10. The standard InChI is InChI=1S/C23H27NO4/c1-18-8-3-5-11-22(18)28-17-20(25)15-24(16-21-10-7-13-27-21)14-19-9-4-6-12-23(19)26-2/h3-13,20,25H,14-17H2,1-2H3. The number of aliphatic hydroxyl groups is 1. The van der Waals surface area contributed by atoms with Gasteiger partial charge < -0.3 is 19.0 Å². The Balaban J connectivity index is 1.65. The van der Waals surface area contributed by atoms with E-state index in [4.69, 9.17) is 13.9 Å². The number of methoxy groups -OCH3 is 1. The molecule has 0 saturated carbocycles. The molecule has 3 aromatic rings. The molecule has 0 bridgehead atoms. The van der Waals surface area contributed by atoms with E-state index in [-0.39, 0.29) is 6.61 Å². The first kappa shape index (κ1) is 20.0. The summed E-state index contributed by atoms with van der Waals surface area (Å²) in [6.45, 7) is 3.89. The van der Waals surface area contributed by atoms with Crippen LogP contribution in [0.2, 0.25) is 0 Å². The van der Waals surface area contributed by atoms with Crippen molar-refractivity contribution in [2.24, 2.45) is 0 Å². The molecule has 0 aliphatic carbocycles. The van der Waals surface area contributed by atoms with Gasteiger partial charge in [-0.05, 0) is 36.8 Å². The highest BCUT2D eigenvalue weighted by atomic mass is 16.5. The van der Waals surface area contributed by atoms with Crippen molar-refractivity contribution >= 4 is 0 Å². The Bertz CT molecular complexity index is 847. The van der Waals surface area contributed by atoms with Gasteiger partial charge in [0, 0.05) is 18.7 Å². The van der Waals surface area contributed by atoms with Crippen LogP contribution in [0.4, 0.5) is 0 Å². The first-order valence-electron chi connectivity index (χ1n) is 9.39. The fraction of sp³-hybridized carbons (Fsp3) is 0.304. The summed E-state index contributed by atoms with van der Waals surface area (Å²) in [5.41, 5.74) is 2.11. The number of hydrogen-bond donors (Lipinski definition) is 1. The molecule has 5 nitrogen and oxygen atoms in total. The second-order valence-electron chi connectivity index (χ2n) is 6.79. The van der Waals surface area contributed by atoms with Gasteiger partial charge in [-0.2, -0.15) is 0 Å². The highest BCUT2D eigenvalue weighted by molar-refractivity contribution is 5.33. The molecule has 1 unspecified atom stereocenters. The third-order valence-corrected chi connectivity index (χ3v) is 4.54. The molecule has 0 saturated heterocycles. The van der Waals surface area contributed by atoms with Crippen LogP contribution < -0.4 is 9.47 Å². The third-order valence-electron chi connectivity index (χ3n) is 4.54. The van der Waals surface area contributed by atoms with E-state index in [9.17, 15) is 5.11 Å². The lowest BCUT2D eigenvalue weighted by atomic mass is 10.1. The van der Waals surface area contributed by atoms with E-state index in [0.717, 1.165) is 28.4 Å². The number of hydrogen-bond acceptors (Lipinski definition) is 5. The van der Waals surface area contributed by atoms with E-state index < -0.39 is 6.10 Å². The van der Waals surface area contributed by atoms with Crippen LogP contribution in [0.5, 0.6) is 11.5 Å².